The molecule has 1 N–H and O–H groups in total. The van der Waals surface area contributed by atoms with Crippen LogP contribution in [0.25, 0.3) is 0 Å². The number of ether oxygens (including phenoxy) is 1. The number of hydrogen-bond donors (Lipinski definition) is 2. The molecule has 0 fully saturated rings. The number of esters is 1. The molecule has 4 heteroatoms. The predicted octanol–water partition coefficient (Wildman–Crippen LogP) is 3.67. The van der Waals surface area contributed by atoms with Crippen LogP contribution < -0.4 is 5.32 Å². The van der Waals surface area contributed by atoms with E-state index in [-0.39, 0.29) is 12.5 Å². The van der Waals surface area contributed by atoms with E-state index in [1.54, 1.807) is 0 Å². The molecule has 0 aliphatic rings. The maximum absolute atomic E-state index is 11.5. The third-order valence-electron chi connectivity index (χ3n) is 2.59. The Balaban J connectivity index is 0.00000122. The Morgan fingerprint density at radius 1 is 1.24 bits per heavy atom. The van der Waals surface area contributed by atoms with Crippen LogP contribution in [-0.2, 0) is 16.1 Å². The fourth-order valence-electron chi connectivity index (χ4n) is 1.60. The highest BCUT2D eigenvalue weighted by Gasteiger charge is 2.15. The summed E-state index contributed by atoms with van der Waals surface area (Å²) in [7, 11) is 0. The number of thiol groups is 1. The van der Waals surface area contributed by atoms with E-state index in [0.717, 1.165) is 5.75 Å². The normalized spacial score (nSPS) is 10.6. The molecule has 1 rings (SSSR count). The third kappa shape index (κ3) is 10.4. The molecule has 1 aromatic rings. The van der Waals surface area contributed by atoms with Crippen molar-refractivity contribution in [2.45, 2.75) is 53.7 Å². The number of carbonyl (C=O) groups is 1. The average molecular weight is 311 g/mol. The molecule has 0 amide bonds. The van der Waals surface area contributed by atoms with Gasteiger partial charge in [0.05, 0.1) is 6.54 Å². The van der Waals surface area contributed by atoms with Gasteiger partial charge in [-0.25, -0.2) is 0 Å². The molecular weight excluding hydrogens is 282 g/mol. The average Bonchev–Trinajstić information content (AvgIpc) is 2.32. The summed E-state index contributed by atoms with van der Waals surface area (Å²) in [5.74, 6) is 0.728. The van der Waals surface area contributed by atoms with E-state index in [4.69, 9.17) is 4.74 Å². The van der Waals surface area contributed by atoms with Gasteiger partial charge < -0.3 is 10.1 Å². The van der Waals surface area contributed by atoms with Gasteiger partial charge in [0.15, 0.2) is 0 Å². The summed E-state index contributed by atoms with van der Waals surface area (Å²) in [5.41, 5.74) is 3.32. The van der Waals surface area contributed by atoms with Crippen molar-refractivity contribution in [3.63, 3.8) is 0 Å². The highest BCUT2D eigenvalue weighted by Crippen LogP contribution is 2.09. The van der Waals surface area contributed by atoms with Crippen molar-refractivity contribution in [3.05, 3.63) is 34.9 Å². The van der Waals surface area contributed by atoms with E-state index in [9.17, 15) is 4.79 Å². The lowest BCUT2D eigenvalue weighted by Crippen LogP contribution is -2.31. The van der Waals surface area contributed by atoms with E-state index < -0.39 is 5.60 Å². The Morgan fingerprint density at radius 3 is 2.29 bits per heavy atom. The fraction of sp³-hybridized carbons (Fsp3) is 0.588. The van der Waals surface area contributed by atoms with Gasteiger partial charge in [0.2, 0.25) is 0 Å². The standard InChI is InChI=1S/C15H23NO2.C2H6S/c1-11-6-7-13(8-12(11)2)9-16-10-14(17)18-15(3,4)5;1-2-3/h6-8,16H,9-10H2,1-5H3;3H,2H2,1H3. The van der Waals surface area contributed by atoms with Crippen LogP contribution in [-0.4, -0.2) is 23.9 Å². The maximum Gasteiger partial charge on any atom is 0.320 e. The summed E-state index contributed by atoms with van der Waals surface area (Å²) in [6, 6.07) is 6.31. The zero-order valence-electron chi connectivity index (χ0n) is 14.1. The van der Waals surface area contributed by atoms with Gasteiger partial charge in [-0.2, -0.15) is 12.6 Å². The van der Waals surface area contributed by atoms with Crippen LogP contribution >= 0.6 is 12.6 Å². The Hall–Kier alpha value is -1.00. The van der Waals surface area contributed by atoms with Gasteiger partial charge in [-0.1, -0.05) is 25.1 Å². The van der Waals surface area contributed by atoms with E-state index in [1.165, 1.54) is 16.7 Å². The molecular formula is C17H29NO2S. The van der Waals surface area contributed by atoms with Crippen molar-refractivity contribution < 1.29 is 9.53 Å². The summed E-state index contributed by atoms with van der Waals surface area (Å²) < 4.78 is 5.22. The van der Waals surface area contributed by atoms with Crippen molar-refractivity contribution in [1.29, 1.82) is 0 Å². The second-order valence-corrected chi connectivity index (χ2v) is 6.56. The largest absolute Gasteiger partial charge is 0.459 e. The lowest BCUT2D eigenvalue weighted by atomic mass is 10.1. The van der Waals surface area contributed by atoms with E-state index in [1.807, 2.05) is 27.7 Å². The zero-order chi connectivity index (χ0) is 16.5. The van der Waals surface area contributed by atoms with Crippen molar-refractivity contribution in [2.75, 3.05) is 12.3 Å². The van der Waals surface area contributed by atoms with Crippen LogP contribution in [0.1, 0.15) is 44.4 Å². The van der Waals surface area contributed by atoms with Crippen LogP contribution in [0.4, 0.5) is 0 Å². The molecule has 0 unspecified atom stereocenters. The van der Waals surface area contributed by atoms with Crippen molar-refractivity contribution in [1.82, 2.24) is 5.32 Å². The molecule has 120 valence electrons. The highest BCUT2D eigenvalue weighted by molar-refractivity contribution is 7.80. The van der Waals surface area contributed by atoms with E-state index in [0.29, 0.717) is 6.54 Å². The number of rotatable bonds is 4. The van der Waals surface area contributed by atoms with Gasteiger partial charge in [0.1, 0.15) is 5.60 Å². The molecule has 0 bridgehead atoms. The molecule has 3 nitrogen and oxygen atoms in total. The second kappa shape index (κ2) is 9.85. The van der Waals surface area contributed by atoms with Gasteiger partial charge >= 0.3 is 5.97 Å². The first-order chi connectivity index (χ1) is 9.69. The Labute approximate surface area is 134 Å². The van der Waals surface area contributed by atoms with Gasteiger partial charge in [0, 0.05) is 6.54 Å². The fourth-order valence-corrected chi connectivity index (χ4v) is 1.60. The van der Waals surface area contributed by atoms with E-state index >= 15 is 0 Å². The molecule has 0 saturated heterocycles. The van der Waals surface area contributed by atoms with Crippen LogP contribution in [0, 0.1) is 13.8 Å². The Morgan fingerprint density at radius 2 is 1.81 bits per heavy atom. The molecule has 0 atom stereocenters. The quantitative estimate of drug-likeness (QED) is 0.658. The SMILES string of the molecule is CCS.Cc1ccc(CNCC(=O)OC(C)(C)C)cc1C. The van der Waals surface area contributed by atoms with Crippen molar-refractivity contribution in [3.8, 4) is 0 Å². The monoisotopic (exact) mass is 311 g/mol. The summed E-state index contributed by atoms with van der Waals surface area (Å²) >= 11 is 3.79. The van der Waals surface area contributed by atoms with Gasteiger partial charge in [-0.3, -0.25) is 4.79 Å². The van der Waals surface area contributed by atoms with Crippen molar-refractivity contribution in [2.24, 2.45) is 0 Å². The third-order valence-corrected chi connectivity index (χ3v) is 2.59. The van der Waals surface area contributed by atoms with Crippen molar-refractivity contribution >= 4 is 18.6 Å². The minimum Gasteiger partial charge on any atom is -0.459 e. The number of nitrogens with one attached hydrogen (secondary N) is 1. The maximum atomic E-state index is 11.5. The first-order valence-electron chi connectivity index (χ1n) is 7.29. The summed E-state index contributed by atoms with van der Waals surface area (Å²) in [6.07, 6.45) is 0. The smallest absolute Gasteiger partial charge is 0.320 e. The number of benzene rings is 1. The van der Waals surface area contributed by atoms with E-state index in [2.05, 4.69) is 50.0 Å². The summed E-state index contributed by atoms with van der Waals surface area (Å²) in [5, 5.41) is 3.10. The van der Waals surface area contributed by atoms with Gasteiger partial charge in [-0.15, -0.1) is 0 Å². The predicted molar refractivity (Wildman–Crippen MR) is 93.0 cm³/mol. The Bertz CT molecular complexity index is 439. The van der Waals surface area contributed by atoms with Gasteiger partial charge in [-0.05, 0) is 57.1 Å². The lowest BCUT2D eigenvalue weighted by Gasteiger charge is -2.19. The molecule has 0 radical (unpaired) electrons. The Kier molecular flexibility index (Phi) is 9.38. The van der Waals surface area contributed by atoms with Crippen LogP contribution in [0.3, 0.4) is 0 Å². The molecule has 0 aliphatic heterocycles. The summed E-state index contributed by atoms with van der Waals surface area (Å²) in [6.45, 7) is 12.7. The molecule has 0 aliphatic carbocycles. The minimum atomic E-state index is -0.417. The number of aryl methyl sites for hydroxylation is 2. The molecule has 0 spiro atoms. The van der Waals surface area contributed by atoms with Gasteiger partial charge in [0.25, 0.3) is 0 Å². The number of hydrogen-bond acceptors (Lipinski definition) is 4. The first kappa shape index (κ1) is 20.0. The first-order valence-corrected chi connectivity index (χ1v) is 7.92. The number of carbonyl (C=O) groups excluding carboxylic acids is 1. The topological polar surface area (TPSA) is 38.3 Å². The summed E-state index contributed by atoms with van der Waals surface area (Å²) in [4.78, 5) is 11.5. The van der Waals surface area contributed by atoms with Crippen LogP contribution in [0.2, 0.25) is 0 Å². The second-order valence-electron chi connectivity index (χ2n) is 5.92. The van der Waals surface area contributed by atoms with Crippen LogP contribution in [0.5, 0.6) is 0 Å². The molecule has 21 heavy (non-hydrogen) atoms. The molecule has 0 saturated carbocycles. The molecule has 0 heterocycles. The minimum absolute atomic E-state index is 0.216. The molecule has 1 aromatic carbocycles. The zero-order valence-corrected chi connectivity index (χ0v) is 15.0. The lowest BCUT2D eigenvalue weighted by molar-refractivity contribution is -0.153. The highest BCUT2D eigenvalue weighted by atomic mass is 32.1. The van der Waals surface area contributed by atoms with Crippen LogP contribution in [0.15, 0.2) is 18.2 Å². The molecule has 0 aromatic heterocycles.